The number of methoxy groups -OCH3 is 2. The Morgan fingerprint density at radius 3 is 2.05 bits per heavy atom. The number of hydrogen-bond acceptors (Lipinski definition) is 6. The van der Waals surface area contributed by atoms with E-state index < -0.39 is 22.0 Å². The van der Waals surface area contributed by atoms with Gasteiger partial charge in [0.15, 0.2) is 0 Å². The molecular weight excluding hydrogens is 504 g/mol. The van der Waals surface area contributed by atoms with E-state index in [-0.39, 0.29) is 11.4 Å². The molecule has 198 valence electrons. The lowest BCUT2D eigenvalue weighted by molar-refractivity contribution is -0.116. The van der Waals surface area contributed by atoms with Crippen LogP contribution in [0.3, 0.4) is 0 Å². The summed E-state index contributed by atoms with van der Waals surface area (Å²) in [6.07, 6.45) is 0. The summed E-state index contributed by atoms with van der Waals surface area (Å²) in [7, 11) is -0.846. The zero-order chi connectivity index (χ0) is 27.3. The van der Waals surface area contributed by atoms with Crippen molar-refractivity contribution in [2.24, 2.45) is 0 Å². The van der Waals surface area contributed by atoms with Crippen molar-refractivity contribution in [2.45, 2.75) is 24.8 Å². The molecule has 0 spiro atoms. The largest absolute Gasteiger partial charge is 0.497 e. The van der Waals surface area contributed by atoms with Gasteiger partial charge in [-0.2, -0.15) is 9.40 Å². The number of hydrogen-bond donors (Lipinski definition) is 1. The first-order chi connectivity index (χ1) is 18.2. The Hall–Kier alpha value is -4.15. The fourth-order valence-corrected chi connectivity index (χ4v) is 5.49. The van der Waals surface area contributed by atoms with E-state index in [1.165, 1.54) is 19.2 Å². The summed E-state index contributed by atoms with van der Waals surface area (Å²) in [4.78, 5) is 13.3. The number of carbonyl (C=O) groups excluding carboxylic acids is 1. The van der Waals surface area contributed by atoms with Crippen molar-refractivity contribution < 1.29 is 22.7 Å². The minimum absolute atomic E-state index is 0.0782. The van der Waals surface area contributed by atoms with Gasteiger partial charge in [0.2, 0.25) is 15.9 Å². The number of amides is 1. The minimum atomic E-state index is -3.94. The van der Waals surface area contributed by atoms with Gasteiger partial charge in [-0.05, 0) is 62.4 Å². The van der Waals surface area contributed by atoms with Crippen LogP contribution >= 0.6 is 0 Å². The molecule has 3 aromatic carbocycles. The van der Waals surface area contributed by atoms with Crippen molar-refractivity contribution >= 4 is 21.7 Å². The average molecular weight is 535 g/mol. The maximum atomic E-state index is 13.4. The van der Waals surface area contributed by atoms with Crippen LogP contribution in [-0.2, 0) is 14.8 Å². The van der Waals surface area contributed by atoms with E-state index in [0.29, 0.717) is 28.7 Å². The van der Waals surface area contributed by atoms with Gasteiger partial charge in [0, 0.05) is 17.7 Å². The summed E-state index contributed by atoms with van der Waals surface area (Å²) in [5, 5.41) is 7.56. The van der Waals surface area contributed by atoms with Crippen LogP contribution in [0.5, 0.6) is 11.5 Å². The maximum Gasteiger partial charge on any atom is 0.243 e. The van der Waals surface area contributed by atoms with Crippen molar-refractivity contribution in [3.05, 3.63) is 84.9 Å². The molecule has 38 heavy (non-hydrogen) atoms. The molecule has 0 fully saturated rings. The first kappa shape index (κ1) is 26.9. The van der Waals surface area contributed by atoms with Gasteiger partial charge in [-0.3, -0.25) is 4.79 Å². The van der Waals surface area contributed by atoms with E-state index in [4.69, 9.17) is 14.6 Å². The van der Waals surface area contributed by atoms with Gasteiger partial charge in [0.25, 0.3) is 0 Å². The number of nitrogens with zero attached hydrogens (tertiary/aromatic N) is 3. The molecule has 1 amide bonds. The Balaban J connectivity index is 1.63. The molecule has 0 saturated heterocycles. The molecule has 10 heteroatoms. The van der Waals surface area contributed by atoms with Crippen LogP contribution in [0.25, 0.3) is 16.9 Å². The number of nitrogens with one attached hydrogen (secondary N) is 1. The molecule has 0 radical (unpaired) electrons. The number of sulfonamides is 1. The molecule has 4 aromatic rings. The molecule has 1 heterocycles. The third kappa shape index (κ3) is 5.87. The monoisotopic (exact) mass is 534 g/mol. The fourth-order valence-electron chi connectivity index (χ4n) is 3.89. The molecule has 0 saturated carbocycles. The van der Waals surface area contributed by atoms with E-state index >= 15 is 0 Å². The van der Waals surface area contributed by atoms with Crippen LogP contribution in [0.1, 0.15) is 13.8 Å². The lowest BCUT2D eigenvalue weighted by Gasteiger charge is -2.25. The van der Waals surface area contributed by atoms with Crippen molar-refractivity contribution in [3.63, 3.8) is 0 Å². The lowest BCUT2D eigenvalue weighted by atomic mass is 10.2. The highest BCUT2D eigenvalue weighted by Crippen LogP contribution is 2.26. The van der Waals surface area contributed by atoms with Gasteiger partial charge < -0.3 is 14.8 Å². The topological polar surface area (TPSA) is 103 Å². The Kier molecular flexibility index (Phi) is 8.13. The zero-order valence-electron chi connectivity index (χ0n) is 21.7. The Labute approximate surface area is 222 Å². The normalized spacial score (nSPS) is 11.5. The quantitative estimate of drug-likeness (QED) is 0.319. The van der Waals surface area contributed by atoms with Crippen molar-refractivity contribution in [3.8, 4) is 28.4 Å². The molecule has 1 N–H and O–H groups in total. The summed E-state index contributed by atoms with van der Waals surface area (Å²) < 4.78 is 39.9. The standard InChI is InChI=1S/C28H30N4O5S/c1-20(2)31(38(34,35)25-16-14-24(37-4)15-17-25)19-28(33)29-27-18-26(21-8-6-5-7-9-21)30-32(27)22-10-12-23(36-3)13-11-22/h5-18,20H,19H2,1-4H3,(H,29,33). The van der Waals surface area contributed by atoms with Crippen LogP contribution in [-0.4, -0.2) is 55.2 Å². The summed E-state index contributed by atoms with van der Waals surface area (Å²) in [5.74, 6) is 1.14. The van der Waals surface area contributed by atoms with Crippen molar-refractivity contribution in [1.82, 2.24) is 14.1 Å². The SMILES string of the molecule is COc1ccc(-n2nc(-c3ccccc3)cc2NC(=O)CN(C(C)C)S(=O)(=O)c2ccc(OC)cc2)cc1. The van der Waals surface area contributed by atoms with Crippen LogP contribution in [0.2, 0.25) is 0 Å². The van der Waals surface area contributed by atoms with E-state index in [2.05, 4.69) is 5.32 Å². The first-order valence-corrected chi connectivity index (χ1v) is 13.4. The summed E-state index contributed by atoms with van der Waals surface area (Å²) in [5.41, 5.74) is 2.24. The van der Waals surface area contributed by atoms with Gasteiger partial charge in [-0.25, -0.2) is 13.1 Å². The highest BCUT2D eigenvalue weighted by atomic mass is 32.2. The maximum absolute atomic E-state index is 13.4. The van der Waals surface area contributed by atoms with Gasteiger partial charge in [0.05, 0.1) is 37.0 Å². The van der Waals surface area contributed by atoms with Crippen molar-refractivity contribution in [2.75, 3.05) is 26.1 Å². The van der Waals surface area contributed by atoms with Gasteiger partial charge in [0.1, 0.15) is 17.3 Å². The molecule has 0 aliphatic heterocycles. The summed E-state index contributed by atoms with van der Waals surface area (Å²) in [6.45, 7) is 3.08. The van der Waals surface area contributed by atoms with Gasteiger partial charge in [-0.1, -0.05) is 30.3 Å². The predicted octanol–water partition coefficient (Wildman–Crippen LogP) is 4.59. The predicted molar refractivity (Wildman–Crippen MR) is 146 cm³/mol. The first-order valence-electron chi connectivity index (χ1n) is 12.0. The zero-order valence-corrected chi connectivity index (χ0v) is 22.5. The third-order valence-corrected chi connectivity index (χ3v) is 7.94. The second kappa shape index (κ2) is 11.5. The Bertz CT molecular complexity index is 1480. The second-order valence-electron chi connectivity index (χ2n) is 8.76. The van der Waals surface area contributed by atoms with Crippen LogP contribution in [0.15, 0.2) is 89.8 Å². The molecule has 1 aromatic heterocycles. The molecule has 0 atom stereocenters. The van der Waals surface area contributed by atoms with E-state index in [1.807, 2.05) is 42.5 Å². The van der Waals surface area contributed by atoms with E-state index in [9.17, 15) is 13.2 Å². The lowest BCUT2D eigenvalue weighted by Crippen LogP contribution is -2.42. The third-order valence-electron chi connectivity index (χ3n) is 5.90. The molecule has 4 rings (SSSR count). The minimum Gasteiger partial charge on any atom is -0.497 e. The number of carbonyl (C=O) groups is 1. The summed E-state index contributed by atoms with van der Waals surface area (Å²) >= 11 is 0. The van der Waals surface area contributed by atoms with Gasteiger partial charge >= 0.3 is 0 Å². The number of aromatic nitrogens is 2. The van der Waals surface area contributed by atoms with Gasteiger partial charge in [-0.15, -0.1) is 0 Å². The molecule has 9 nitrogen and oxygen atoms in total. The highest BCUT2D eigenvalue weighted by Gasteiger charge is 2.29. The van der Waals surface area contributed by atoms with Crippen LogP contribution in [0, 0.1) is 0 Å². The molecule has 0 aliphatic rings. The molecule has 0 bridgehead atoms. The van der Waals surface area contributed by atoms with E-state index in [0.717, 1.165) is 9.87 Å². The molecular formula is C28H30N4O5S. The van der Waals surface area contributed by atoms with Crippen LogP contribution in [0.4, 0.5) is 5.82 Å². The summed E-state index contributed by atoms with van der Waals surface area (Å²) in [6, 6.07) is 24.2. The number of ether oxygens (including phenoxy) is 2. The Morgan fingerprint density at radius 2 is 1.50 bits per heavy atom. The second-order valence-corrected chi connectivity index (χ2v) is 10.6. The number of anilines is 1. The molecule has 0 aliphatic carbocycles. The molecule has 0 unspecified atom stereocenters. The average Bonchev–Trinajstić information content (AvgIpc) is 3.35. The Morgan fingerprint density at radius 1 is 0.921 bits per heavy atom. The van der Waals surface area contributed by atoms with E-state index in [1.54, 1.807) is 56.0 Å². The fraction of sp³-hybridized carbons (Fsp3) is 0.214. The smallest absolute Gasteiger partial charge is 0.243 e. The number of rotatable bonds is 10. The van der Waals surface area contributed by atoms with Crippen LogP contribution < -0.4 is 14.8 Å². The highest BCUT2D eigenvalue weighted by molar-refractivity contribution is 7.89. The van der Waals surface area contributed by atoms with Crippen molar-refractivity contribution in [1.29, 1.82) is 0 Å². The number of benzene rings is 3.